The molecule has 0 amide bonds. The van der Waals surface area contributed by atoms with Gasteiger partial charge in [0.1, 0.15) is 17.4 Å². The average Bonchev–Trinajstić information content (AvgIpc) is 2.78. The van der Waals surface area contributed by atoms with Gasteiger partial charge in [-0.25, -0.2) is 0 Å². The van der Waals surface area contributed by atoms with E-state index in [1.165, 1.54) is 0 Å². The summed E-state index contributed by atoms with van der Waals surface area (Å²) in [7, 11) is 2.16. The van der Waals surface area contributed by atoms with Gasteiger partial charge in [-0.05, 0) is 62.9 Å². The Kier molecular flexibility index (Phi) is 5.89. The number of nitriles is 1. The van der Waals surface area contributed by atoms with Crippen LogP contribution in [0.2, 0.25) is 0 Å². The first-order chi connectivity index (χ1) is 14.1. The lowest BCUT2D eigenvalue weighted by atomic mass is 9.75. The first-order valence-corrected chi connectivity index (χ1v) is 10.6. The van der Waals surface area contributed by atoms with E-state index in [1.54, 1.807) is 12.4 Å². The number of hydrogen-bond acceptors (Lipinski definition) is 6. The number of carbonyl (C=O) groups is 1. The molecule has 2 fully saturated rings. The molecule has 0 spiro atoms. The van der Waals surface area contributed by atoms with Gasteiger partial charge in [0.2, 0.25) is 0 Å². The first-order valence-electron chi connectivity index (χ1n) is 10.6. The minimum atomic E-state index is 0.0331. The second kappa shape index (κ2) is 8.56. The molecule has 4 rings (SSSR count). The number of ketones is 1. The lowest BCUT2D eigenvalue weighted by molar-refractivity contribution is -0.129. The molecular weight excluding hydrogens is 362 g/mol. The number of nitrogens with one attached hydrogen (secondary N) is 1. The third kappa shape index (κ3) is 4.03. The molecule has 0 aliphatic carbocycles. The van der Waals surface area contributed by atoms with E-state index in [0.717, 1.165) is 56.5 Å². The molecule has 2 aliphatic rings. The van der Waals surface area contributed by atoms with Crippen LogP contribution in [-0.4, -0.2) is 53.9 Å². The maximum absolute atomic E-state index is 13.3. The summed E-state index contributed by atoms with van der Waals surface area (Å²) in [6.45, 7) is 5.88. The predicted octanol–water partition coefficient (Wildman–Crippen LogP) is 2.74. The van der Waals surface area contributed by atoms with Gasteiger partial charge in [-0.2, -0.15) is 5.26 Å². The number of hydrogen-bond donors (Lipinski definition) is 1. The number of likely N-dealkylation sites (tertiary alicyclic amines) is 1. The molecule has 3 heterocycles. The highest BCUT2D eigenvalue weighted by atomic mass is 16.1. The van der Waals surface area contributed by atoms with Crippen molar-refractivity contribution in [3.63, 3.8) is 0 Å². The number of aromatic nitrogens is 2. The summed E-state index contributed by atoms with van der Waals surface area (Å²) >= 11 is 0. The number of piperidine rings is 2. The Bertz CT molecular complexity index is 929. The Morgan fingerprint density at radius 3 is 2.66 bits per heavy atom. The Morgan fingerprint density at radius 2 is 1.93 bits per heavy atom. The Labute approximate surface area is 172 Å². The van der Waals surface area contributed by atoms with Crippen LogP contribution < -0.4 is 5.32 Å². The topological polar surface area (TPSA) is 81.9 Å². The number of benzene rings is 1. The number of carbonyl (C=O) groups excluding carboxylic acids is 1. The molecular formula is C23H29N5O. The SMILES string of the molecule is C[C@H](C(=O)[C@@H]1CNC[C@H](c2ccc(C#N)c3nccnc23)C1)C1CCN(C)CC1. The average molecular weight is 392 g/mol. The summed E-state index contributed by atoms with van der Waals surface area (Å²) in [5.41, 5.74) is 3.07. The minimum absolute atomic E-state index is 0.0331. The van der Waals surface area contributed by atoms with E-state index in [2.05, 4.69) is 40.2 Å². The second-order valence-electron chi connectivity index (χ2n) is 8.69. The van der Waals surface area contributed by atoms with Crippen molar-refractivity contribution in [2.24, 2.45) is 17.8 Å². The molecule has 0 radical (unpaired) electrons. The lowest BCUT2D eigenvalue weighted by Crippen LogP contribution is -2.43. The van der Waals surface area contributed by atoms with E-state index in [4.69, 9.17) is 0 Å². The fraction of sp³-hybridized carbons (Fsp3) is 0.565. The van der Waals surface area contributed by atoms with E-state index in [1.807, 2.05) is 12.1 Å². The van der Waals surface area contributed by atoms with Crippen LogP contribution in [0.1, 0.15) is 43.2 Å². The van der Waals surface area contributed by atoms with Crippen LogP contribution >= 0.6 is 0 Å². The van der Waals surface area contributed by atoms with Crippen LogP contribution in [0.25, 0.3) is 11.0 Å². The van der Waals surface area contributed by atoms with Crippen molar-refractivity contribution in [2.45, 2.75) is 32.1 Å². The van der Waals surface area contributed by atoms with Gasteiger partial charge in [0, 0.05) is 37.3 Å². The first kappa shape index (κ1) is 19.9. The van der Waals surface area contributed by atoms with Crippen molar-refractivity contribution >= 4 is 16.8 Å². The number of nitrogens with zero attached hydrogens (tertiary/aromatic N) is 4. The molecule has 2 aliphatic heterocycles. The summed E-state index contributed by atoms with van der Waals surface area (Å²) in [4.78, 5) is 24.5. The third-order valence-corrected chi connectivity index (χ3v) is 6.89. The zero-order chi connectivity index (χ0) is 20.4. The van der Waals surface area contributed by atoms with Crippen molar-refractivity contribution in [3.05, 3.63) is 35.7 Å². The molecule has 0 unspecified atom stereocenters. The van der Waals surface area contributed by atoms with Crippen molar-refractivity contribution < 1.29 is 4.79 Å². The minimum Gasteiger partial charge on any atom is -0.315 e. The Balaban J connectivity index is 1.52. The molecule has 0 saturated carbocycles. The highest BCUT2D eigenvalue weighted by molar-refractivity contribution is 5.85. The van der Waals surface area contributed by atoms with Gasteiger partial charge in [0.15, 0.2) is 0 Å². The second-order valence-corrected chi connectivity index (χ2v) is 8.69. The normalized spacial score (nSPS) is 24.9. The summed E-state index contributed by atoms with van der Waals surface area (Å²) in [5.74, 6) is 1.26. The maximum Gasteiger partial charge on any atom is 0.140 e. The Morgan fingerprint density at radius 1 is 1.21 bits per heavy atom. The van der Waals surface area contributed by atoms with E-state index < -0.39 is 0 Å². The molecule has 1 aromatic carbocycles. The van der Waals surface area contributed by atoms with Gasteiger partial charge in [-0.3, -0.25) is 14.8 Å². The molecule has 2 aromatic rings. The van der Waals surface area contributed by atoms with Gasteiger partial charge in [0.05, 0.1) is 11.1 Å². The van der Waals surface area contributed by atoms with Crippen LogP contribution in [0.3, 0.4) is 0 Å². The molecule has 1 N–H and O–H groups in total. The van der Waals surface area contributed by atoms with Crippen LogP contribution in [0, 0.1) is 29.1 Å². The largest absolute Gasteiger partial charge is 0.315 e. The Hall–Kier alpha value is -2.36. The van der Waals surface area contributed by atoms with Crippen molar-refractivity contribution in [3.8, 4) is 6.07 Å². The van der Waals surface area contributed by atoms with Crippen LogP contribution in [-0.2, 0) is 4.79 Å². The smallest absolute Gasteiger partial charge is 0.140 e. The monoisotopic (exact) mass is 391 g/mol. The molecule has 0 bridgehead atoms. The van der Waals surface area contributed by atoms with Crippen molar-refractivity contribution in [1.29, 1.82) is 5.26 Å². The van der Waals surface area contributed by atoms with E-state index in [-0.39, 0.29) is 17.8 Å². The molecule has 152 valence electrons. The summed E-state index contributed by atoms with van der Waals surface area (Å²) in [6, 6.07) is 6.03. The number of rotatable bonds is 4. The van der Waals surface area contributed by atoms with Crippen LogP contribution in [0.5, 0.6) is 0 Å². The van der Waals surface area contributed by atoms with Crippen molar-refractivity contribution in [2.75, 3.05) is 33.2 Å². The fourth-order valence-electron chi connectivity index (χ4n) is 5.03. The molecule has 2 saturated heterocycles. The third-order valence-electron chi connectivity index (χ3n) is 6.89. The summed E-state index contributed by atoms with van der Waals surface area (Å²) < 4.78 is 0. The molecule has 6 nitrogen and oxygen atoms in total. The van der Waals surface area contributed by atoms with Gasteiger partial charge in [-0.1, -0.05) is 13.0 Å². The van der Waals surface area contributed by atoms with E-state index in [9.17, 15) is 10.1 Å². The summed E-state index contributed by atoms with van der Waals surface area (Å²) in [5, 5.41) is 12.9. The maximum atomic E-state index is 13.3. The number of fused-ring (bicyclic) bond motifs is 1. The number of Topliss-reactive ketones (excluding diaryl/α,β-unsaturated/α-hetero) is 1. The zero-order valence-corrected chi connectivity index (χ0v) is 17.3. The molecule has 6 heteroatoms. The van der Waals surface area contributed by atoms with Crippen LogP contribution in [0.4, 0.5) is 0 Å². The predicted molar refractivity (Wildman–Crippen MR) is 112 cm³/mol. The molecule has 1 aromatic heterocycles. The van der Waals surface area contributed by atoms with Crippen LogP contribution in [0.15, 0.2) is 24.5 Å². The quantitative estimate of drug-likeness (QED) is 0.863. The molecule has 3 atom stereocenters. The zero-order valence-electron chi connectivity index (χ0n) is 17.3. The highest BCUT2D eigenvalue weighted by Gasteiger charge is 2.35. The van der Waals surface area contributed by atoms with Gasteiger partial charge >= 0.3 is 0 Å². The van der Waals surface area contributed by atoms with E-state index in [0.29, 0.717) is 22.8 Å². The summed E-state index contributed by atoms with van der Waals surface area (Å²) in [6.07, 6.45) is 6.36. The van der Waals surface area contributed by atoms with Gasteiger partial charge in [0.25, 0.3) is 0 Å². The lowest BCUT2D eigenvalue weighted by Gasteiger charge is -2.36. The highest BCUT2D eigenvalue weighted by Crippen LogP contribution is 2.34. The molecule has 29 heavy (non-hydrogen) atoms. The standard InChI is InChI=1S/C23H29N5O/c1-15(16-5-9-28(2)10-6-16)23(29)19-11-18(13-25-14-19)20-4-3-17(12-24)21-22(20)27-8-7-26-21/h3-4,7-8,15-16,18-19,25H,5-6,9-11,13-14H2,1-2H3/t15-,18+,19-/m0/s1. The van der Waals surface area contributed by atoms with E-state index >= 15 is 0 Å². The van der Waals surface area contributed by atoms with Crippen molar-refractivity contribution in [1.82, 2.24) is 20.2 Å². The van der Waals surface area contributed by atoms with Gasteiger partial charge in [-0.15, -0.1) is 0 Å². The fourth-order valence-corrected chi connectivity index (χ4v) is 5.03. The van der Waals surface area contributed by atoms with Gasteiger partial charge < -0.3 is 10.2 Å².